The molecule has 1 aromatic heterocycles. The molecular formula is C25H29N2O5+. The summed E-state index contributed by atoms with van der Waals surface area (Å²) in [7, 11) is 5.65. The zero-order valence-corrected chi connectivity index (χ0v) is 18.9. The highest BCUT2D eigenvalue weighted by Crippen LogP contribution is 2.40. The SMILES string of the molecule is CCCOc1ccc([C@@H]2c3c(oc4ccccc4c3=O)C(=O)N2CC[NH+](C)C)cc1OC. The van der Waals surface area contributed by atoms with Crippen molar-refractivity contribution in [3.63, 3.8) is 0 Å². The maximum absolute atomic E-state index is 13.5. The smallest absolute Gasteiger partial charge is 0.291 e. The third-order valence-electron chi connectivity index (χ3n) is 5.69. The molecule has 1 atom stereocenters. The maximum atomic E-state index is 13.5. The lowest BCUT2D eigenvalue weighted by Gasteiger charge is -2.26. The number of hydrogen-bond donors (Lipinski definition) is 1. The molecular weight excluding hydrogens is 408 g/mol. The molecule has 168 valence electrons. The average molecular weight is 438 g/mol. The van der Waals surface area contributed by atoms with Crippen molar-refractivity contribution in [2.75, 3.05) is 40.9 Å². The summed E-state index contributed by atoms with van der Waals surface area (Å²) >= 11 is 0. The van der Waals surface area contributed by atoms with Crippen LogP contribution in [0.15, 0.2) is 51.7 Å². The molecule has 7 nitrogen and oxygen atoms in total. The number of benzene rings is 2. The quantitative estimate of drug-likeness (QED) is 0.585. The zero-order chi connectivity index (χ0) is 22.8. The molecule has 0 bridgehead atoms. The maximum Gasteiger partial charge on any atom is 0.291 e. The van der Waals surface area contributed by atoms with Crippen LogP contribution in [0.5, 0.6) is 11.5 Å². The van der Waals surface area contributed by atoms with Crippen molar-refractivity contribution >= 4 is 16.9 Å². The molecule has 2 heterocycles. The fourth-order valence-electron chi connectivity index (χ4n) is 4.07. The predicted octanol–water partition coefficient (Wildman–Crippen LogP) is 2.28. The first-order chi connectivity index (χ1) is 15.5. The minimum Gasteiger partial charge on any atom is -0.493 e. The van der Waals surface area contributed by atoms with Crippen molar-refractivity contribution < 1.29 is 23.6 Å². The van der Waals surface area contributed by atoms with Crippen molar-refractivity contribution in [3.8, 4) is 11.5 Å². The van der Waals surface area contributed by atoms with Crippen LogP contribution in [0.1, 0.15) is 41.1 Å². The van der Waals surface area contributed by atoms with Crippen LogP contribution in [0.4, 0.5) is 0 Å². The van der Waals surface area contributed by atoms with Gasteiger partial charge in [0.05, 0.1) is 57.9 Å². The molecule has 0 fully saturated rings. The number of rotatable bonds is 8. The molecule has 0 spiro atoms. The number of likely N-dealkylation sites (N-methyl/N-ethyl adjacent to an activating group) is 1. The summed E-state index contributed by atoms with van der Waals surface area (Å²) in [5, 5.41) is 0.471. The third kappa shape index (κ3) is 3.84. The lowest BCUT2D eigenvalue weighted by molar-refractivity contribution is -0.857. The number of methoxy groups -OCH3 is 1. The Balaban J connectivity index is 1.87. The van der Waals surface area contributed by atoms with Crippen LogP contribution in [-0.2, 0) is 0 Å². The number of quaternary nitrogens is 1. The zero-order valence-electron chi connectivity index (χ0n) is 18.9. The van der Waals surface area contributed by atoms with Gasteiger partial charge in [-0.2, -0.15) is 0 Å². The van der Waals surface area contributed by atoms with Gasteiger partial charge in [0.2, 0.25) is 5.76 Å². The molecule has 7 heteroatoms. The van der Waals surface area contributed by atoms with Gasteiger partial charge in [0.15, 0.2) is 16.9 Å². The van der Waals surface area contributed by atoms with Crippen LogP contribution in [0.2, 0.25) is 0 Å². The van der Waals surface area contributed by atoms with Crippen LogP contribution < -0.4 is 19.8 Å². The molecule has 4 rings (SSSR count). The Morgan fingerprint density at radius 2 is 1.88 bits per heavy atom. The van der Waals surface area contributed by atoms with Crippen LogP contribution in [0.3, 0.4) is 0 Å². The van der Waals surface area contributed by atoms with E-state index >= 15 is 0 Å². The Kier molecular flexibility index (Phi) is 6.19. The van der Waals surface area contributed by atoms with Gasteiger partial charge in [-0.25, -0.2) is 0 Å². The Morgan fingerprint density at radius 3 is 2.59 bits per heavy atom. The summed E-state index contributed by atoms with van der Waals surface area (Å²) in [6.45, 7) is 3.84. The molecule has 0 saturated carbocycles. The Bertz CT molecular complexity index is 1200. The standard InChI is InChI=1S/C25H28N2O5/c1-5-14-31-19-11-10-16(15-20(19)30-4)22-21-23(28)17-8-6-7-9-18(17)32-24(21)25(29)27(22)13-12-26(2)3/h6-11,15,22H,5,12-14H2,1-4H3/p+1/t22-/m1/s1. The first kappa shape index (κ1) is 21.9. The largest absolute Gasteiger partial charge is 0.493 e. The molecule has 3 aromatic rings. The van der Waals surface area contributed by atoms with Crippen molar-refractivity contribution in [3.05, 3.63) is 69.6 Å². The van der Waals surface area contributed by atoms with Crippen LogP contribution in [-0.4, -0.2) is 51.7 Å². The summed E-state index contributed by atoms with van der Waals surface area (Å²) in [5.74, 6) is 1.06. The fraction of sp³-hybridized carbons (Fsp3) is 0.360. The number of nitrogens with zero attached hydrogens (tertiary/aromatic N) is 1. The number of fused-ring (bicyclic) bond motifs is 2. The number of carbonyl (C=O) groups excluding carboxylic acids is 1. The van der Waals surface area contributed by atoms with E-state index < -0.39 is 6.04 Å². The molecule has 0 saturated heterocycles. The Hall–Kier alpha value is -3.32. The number of para-hydroxylation sites is 1. The average Bonchev–Trinajstić information content (AvgIpc) is 3.08. The summed E-state index contributed by atoms with van der Waals surface area (Å²) in [6.07, 6.45) is 0.879. The highest BCUT2D eigenvalue weighted by molar-refractivity contribution is 5.99. The predicted molar refractivity (Wildman–Crippen MR) is 122 cm³/mol. The van der Waals surface area contributed by atoms with E-state index in [0.29, 0.717) is 41.2 Å². The molecule has 0 aliphatic carbocycles. The Labute approximate surface area is 187 Å². The molecule has 1 amide bonds. The second-order valence-electron chi connectivity index (χ2n) is 8.29. The number of hydrogen-bond acceptors (Lipinski definition) is 5. The second-order valence-corrected chi connectivity index (χ2v) is 8.29. The number of ether oxygens (including phenoxy) is 2. The minimum atomic E-state index is -0.549. The van der Waals surface area contributed by atoms with E-state index in [-0.39, 0.29) is 17.1 Å². The number of carbonyl (C=O) groups is 1. The van der Waals surface area contributed by atoms with Gasteiger partial charge in [0.1, 0.15) is 5.58 Å². The molecule has 0 unspecified atom stereocenters. The normalized spacial score (nSPS) is 15.5. The van der Waals surface area contributed by atoms with Gasteiger partial charge in [-0.1, -0.05) is 25.1 Å². The molecule has 1 aliphatic heterocycles. The van der Waals surface area contributed by atoms with E-state index in [0.717, 1.165) is 18.5 Å². The highest BCUT2D eigenvalue weighted by atomic mass is 16.5. The monoisotopic (exact) mass is 437 g/mol. The van der Waals surface area contributed by atoms with E-state index in [1.165, 1.54) is 4.90 Å². The molecule has 32 heavy (non-hydrogen) atoms. The summed E-state index contributed by atoms with van der Waals surface area (Å²) in [6, 6.07) is 12.1. The van der Waals surface area contributed by atoms with Gasteiger partial charge >= 0.3 is 0 Å². The minimum absolute atomic E-state index is 0.123. The van der Waals surface area contributed by atoms with Crippen LogP contribution in [0, 0.1) is 0 Å². The van der Waals surface area contributed by atoms with Gasteiger partial charge in [-0.05, 0) is 36.2 Å². The molecule has 1 aliphatic rings. The first-order valence-electron chi connectivity index (χ1n) is 10.9. The van der Waals surface area contributed by atoms with Crippen LogP contribution in [0.25, 0.3) is 11.0 Å². The van der Waals surface area contributed by atoms with Crippen molar-refractivity contribution in [2.24, 2.45) is 0 Å². The van der Waals surface area contributed by atoms with Crippen LogP contribution >= 0.6 is 0 Å². The Morgan fingerprint density at radius 1 is 1.09 bits per heavy atom. The van der Waals surface area contributed by atoms with Crippen molar-refractivity contribution in [1.82, 2.24) is 4.90 Å². The van der Waals surface area contributed by atoms with E-state index in [1.807, 2.05) is 39.2 Å². The van der Waals surface area contributed by atoms with E-state index in [4.69, 9.17) is 13.9 Å². The van der Waals surface area contributed by atoms with Gasteiger partial charge in [-0.3, -0.25) is 9.59 Å². The van der Waals surface area contributed by atoms with Crippen molar-refractivity contribution in [1.29, 1.82) is 0 Å². The van der Waals surface area contributed by atoms with Gasteiger partial charge in [0, 0.05) is 0 Å². The van der Waals surface area contributed by atoms with E-state index in [2.05, 4.69) is 0 Å². The first-order valence-corrected chi connectivity index (χ1v) is 10.9. The van der Waals surface area contributed by atoms with Gasteiger partial charge in [-0.15, -0.1) is 0 Å². The molecule has 1 N–H and O–H groups in total. The third-order valence-corrected chi connectivity index (χ3v) is 5.69. The van der Waals surface area contributed by atoms with Gasteiger partial charge < -0.3 is 23.7 Å². The van der Waals surface area contributed by atoms with Crippen molar-refractivity contribution in [2.45, 2.75) is 19.4 Å². The fourth-order valence-corrected chi connectivity index (χ4v) is 4.07. The van der Waals surface area contributed by atoms with E-state index in [9.17, 15) is 9.59 Å². The number of nitrogens with one attached hydrogen (secondary N) is 1. The lowest BCUT2D eigenvalue weighted by Crippen LogP contribution is -3.06. The summed E-state index contributed by atoms with van der Waals surface area (Å²) < 4.78 is 17.3. The second kappa shape index (κ2) is 9.04. The lowest BCUT2D eigenvalue weighted by atomic mass is 9.98. The number of amides is 1. The molecule has 2 aromatic carbocycles. The summed E-state index contributed by atoms with van der Waals surface area (Å²) in [5.41, 5.74) is 1.41. The topological polar surface area (TPSA) is 73.4 Å². The molecule has 0 radical (unpaired) electrons. The highest BCUT2D eigenvalue weighted by Gasteiger charge is 2.43. The van der Waals surface area contributed by atoms with Gasteiger partial charge in [0.25, 0.3) is 5.91 Å². The summed E-state index contributed by atoms with van der Waals surface area (Å²) in [4.78, 5) is 29.8. The van der Waals surface area contributed by atoms with E-state index in [1.54, 1.807) is 36.3 Å².